The topological polar surface area (TPSA) is 71.3 Å². The highest BCUT2D eigenvalue weighted by Crippen LogP contribution is 2.10. The number of hydrogen-bond donors (Lipinski definition) is 2. The molecule has 0 spiro atoms. The van der Waals surface area contributed by atoms with E-state index >= 15 is 0 Å². The first-order chi connectivity index (χ1) is 9.70. The fraction of sp³-hybridized carbons (Fsp3) is 0.143. The zero-order valence-corrected chi connectivity index (χ0v) is 11.7. The molecule has 0 aliphatic carbocycles. The van der Waals surface area contributed by atoms with Crippen molar-refractivity contribution in [2.24, 2.45) is 0 Å². The zero-order chi connectivity index (χ0) is 14.4. The van der Waals surface area contributed by atoms with Gasteiger partial charge in [0, 0.05) is 11.3 Å². The Morgan fingerprint density at radius 3 is 2.40 bits per heavy atom. The monoisotopic (exact) mass is 290 g/mol. The molecular formula is C14H14N2O3S. The highest BCUT2D eigenvalue weighted by atomic mass is 32.2. The maximum absolute atomic E-state index is 11.8. The molecule has 1 heterocycles. The van der Waals surface area contributed by atoms with E-state index in [4.69, 9.17) is 4.42 Å². The fourth-order valence-electron chi connectivity index (χ4n) is 1.57. The van der Waals surface area contributed by atoms with Gasteiger partial charge in [-0.1, -0.05) is 12.1 Å². The van der Waals surface area contributed by atoms with Crippen LogP contribution in [0.1, 0.15) is 26.5 Å². The lowest BCUT2D eigenvalue weighted by atomic mass is 10.1. The summed E-state index contributed by atoms with van der Waals surface area (Å²) in [7, 11) is 0. The quantitative estimate of drug-likeness (QED) is 0.847. The minimum absolute atomic E-state index is 0.139. The third kappa shape index (κ3) is 3.64. The van der Waals surface area contributed by atoms with Crippen molar-refractivity contribution in [3.8, 4) is 0 Å². The number of carbonyl (C=O) groups is 2. The number of benzene rings is 1. The lowest BCUT2D eigenvalue weighted by Crippen LogP contribution is -2.41. The van der Waals surface area contributed by atoms with Gasteiger partial charge in [0.05, 0.1) is 6.26 Å². The molecule has 0 unspecified atom stereocenters. The van der Waals surface area contributed by atoms with Gasteiger partial charge < -0.3 is 4.42 Å². The number of amides is 2. The summed E-state index contributed by atoms with van der Waals surface area (Å²) in [5.41, 5.74) is 6.25. The molecule has 1 aromatic carbocycles. The molecule has 0 saturated carbocycles. The Balaban J connectivity index is 1.90. The van der Waals surface area contributed by atoms with Crippen molar-refractivity contribution in [1.29, 1.82) is 0 Å². The van der Waals surface area contributed by atoms with Crippen LogP contribution in [-0.2, 0) is 5.75 Å². The predicted octanol–water partition coefficient (Wildman–Crippen LogP) is 2.22. The average molecular weight is 290 g/mol. The Kier molecular flexibility index (Phi) is 4.84. The standard InChI is InChI=1S/C14H14N2O3S/c1-20-9-10-4-6-11(7-5-10)13(17)15-16-14(18)12-3-2-8-19-12/h2-8H,9H2,1H3,(H,15,17)(H,16,18). The van der Waals surface area contributed by atoms with Crippen molar-refractivity contribution >= 4 is 23.6 Å². The minimum atomic E-state index is -0.498. The van der Waals surface area contributed by atoms with Crippen LogP contribution in [0, 0.1) is 0 Å². The lowest BCUT2D eigenvalue weighted by Gasteiger charge is -2.06. The summed E-state index contributed by atoms with van der Waals surface area (Å²) in [6.45, 7) is 0. The third-order valence-corrected chi connectivity index (χ3v) is 3.18. The third-order valence-electron chi connectivity index (χ3n) is 2.56. The van der Waals surface area contributed by atoms with Crippen LogP contribution in [0.2, 0.25) is 0 Å². The zero-order valence-electron chi connectivity index (χ0n) is 10.9. The molecule has 0 aliphatic heterocycles. The van der Waals surface area contributed by atoms with Gasteiger partial charge in [0.25, 0.3) is 5.91 Å². The van der Waals surface area contributed by atoms with Crippen LogP contribution in [0.4, 0.5) is 0 Å². The average Bonchev–Trinajstić information content (AvgIpc) is 3.00. The molecule has 1 aromatic heterocycles. The molecule has 0 saturated heterocycles. The Morgan fingerprint density at radius 2 is 1.80 bits per heavy atom. The molecule has 6 heteroatoms. The van der Waals surface area contributed by atoms with Crippen LogP contribution in [0.15, 0.2) is 47.1 Å². The molecule has 5 nitrogen and oxygen atoms in total. The van der Waals surface area contributed by atoms with Crippen molar-refractivity contribution < 1.29 is 14.0 Å². The first-order valence-corrected chi connectivity index (χ1v) is 7.32. The highest BCUT2D eigenvalue weighted by Gasteiger charge is 2.10. The van der Waals surface area contributed by atoms with E-state index in [9.17, 15) is 9.59 Å². The number of carbonyl (C=O) groups excluding carboxylic acids is 2. The molecule has 0 bridgehead atoms. The van der Waals surface area contributed by atoms with E-state index in [1.54, 1.807) is 30.0 Å². The van der Waals surface area contributed by atoms with Crippen molar-refractivity contribution in [3.05, 3.63) is 59.5 Å². The number of rotatable bonds is 4. The van der Waals surface area contributed by atoms with Crippen LogP contribution in [0.25, 0.3) is 0 Å². The first-order valence-electron chi connectivity index (χ1n) is 5.93. The maximum Gasteiger partial charge on any atom is 0.305 e. The van der Waals surface area contributed by atoms with Crippen LogP contribution in [-0.4, -0.2) is 18.1 Å². The van der Waals surface area contributed by atoms with E-state index in [1.807, 2.05) is 18.4 Å². The Hall–Kier alpha value is -2.21. The van der Waals surface area contributed by atoms with Crippen LogP contribution in [0.5, 0.6) is 0 Å². The lowest BCUT2D eigenvalue weighted by molar-refractivity contribution is 0.0831. The van der Waals surface area contributed by atoms with E-state index in [0.717, 1.165) is 11.3 Å². The molecule has 0 radical (unpaired) electrons. The second kappa shape index (κ2) is 6.81. The van der Waals surface area contributed by atoms with E-state index in [0.29, 0.717) is 5.56 Å². The molecule has 2 N–H and O–H groups in total. The van der Waals surface area contributed by atoms with Gasteiger partial charge in [-0.3, -0.25) is 20.4 Å². The van der Waals surface area contributed by atoms with E-state index in [1.165, 1.54) is 12.3 Å². The second-order valence-electron chi connectivity index (χ2n) is 4.02. The summed E-state index contributed by atoms with van der Waals surface area (Å²) < 4.78 is 4.91. The predicted molar refractivity (Wildman–Crippen MR) is 77.3 cm³/mol. The van der Waals surface area contributed by atoms with Crippen molar-refractivity contribution in [1.82, 2.24) is 10.9 Å². The van der Waals surface area contributed by atoms with Gasteiger partial charge in [0.1, 0.15) is 0 Å². The number of hydrogen-bond acceptors (Lipinski definition) is 4. The Bertz CT molecular complexity index is 579. The van der Waals surface area contributed by atoms with Crippen molar-refractivity contribution in [3.63, 3.8) is 0 Å². The largest absolute Gasteiger partial charge is 0.459 e. The summed E-state index contributed by atoms with van der Waals surface area (Å²) in [5.74, 6) is 0.167. The number of furan rings is 1. The summed E-state index contributed by atoms with van der Waals surface area (Å²) in [6.07, 6.45) is 3.41. The summed E-state index contributed by atoms with van der Waals surface area (Å²) in [5, 5.41) is 0. The van der Waals surface area contributed by atoms with Gasteiger partial charge in [0.15, 0.2) is 5.76 Å². The number of thioether (sulfide) groups is 1. The molecule has 2 rings (SSSR count). The van der Waals surface area contributed by atoms with Crippen LogP contribution in [0.3, 0.4) is 0 Å². The van der Waals surface area contributed by atoms with Gasteiger partial charge in [0.2, 0.25) is 0 Å². The van der Waals surface area contributed by atoms with Crippen LogP contribution < -0.4 is 10.9 Å². The molecule has 0 fully saturated rings. The fourth-order valence-corrected chi connectivity index (χ4v) is 2.10. The first kappa shape index (κ1) is 14.2. The second-order valence-corrected chi connectivity index (χ2v) is 4.88. The maximum atomic E-state index is 11.8. The van der Waals surface area contributed by atoms with Gasteiger partial charge >= 0.3 is 5.91 Å². The number of nitrogens with one attached hydrogen (secondary N) is 2. The van der Waals surface area contributed by atoms with E-state index < -0.39 is 5.91 Å². The molecule has 0 aliphatic rings. The normalized spacial score (nSPS) is 10.1. The van der Waals surface area contributed by atoms with Gasteiger partial charge in [-0.15, -0.1) is 0 Å². The summed E-state index contributed by atoms with van der Waals surface area (Å²) in [4.78, 5) is 23.4. The Labute approximate surface area is 120 Å². The van der Waals surface area contributed by atoms with E-state index in [2.05, 4.69) is 10.9 Å². The highest BCUT2D eigenvalue weighted by molar-refractivity contribution is 7.97. The molecule has 20 heavy (non-hydrogen) atoms. The molecule has 2 amide bonds. The molecule has 104 valence electrons. The van der Waals surface area contributed by atoms with Crippen molar-refractivity contribution in [2.45, 2.75) is 5.75 Å². The van der Waals surface area contributed by atoms with Gasteiger partial charge in [-0.05, 0) is 36.1 Å². The number of hydrazine groups is 1. The molecular weight excluding hydrogens is 276 g/mol. The molecule has 2 aromatic rings. The summed E-state index contributed by atoms with van der Waals surface area (Å²) >= 11 is 1.71. The molecule has 0 atom stereocenters. The SMILES string of the molecule is CSCc1ccc(C(=O)NNC(=O)c2ccco2)cc1. The van der Waals surface area contributed by atoms with E-state index in [-0.39, 0.29) is 11.7 Å². The minimum Gasteiger partial charge on any atom is -0.459 e. The van der Waals surface area contributed by atoms with Crippen molar-refractivity contribution in [2.75, 3.05) is 6.26 Å². The smallest absolute Gasteiger partial charge is 0.305 e. The summed E-state index contributed by atoms with van der Waals surface area (Å²) in [6, 6.07) is 10.3. The Morgan fingerprint density at radius 1 is 1.10 bits per heavy atom. The van der Waals surface area contributed by atoms with Gasteiger partial charge in [-0.2, -0.15) is 11.8 Å². The van der Waals surface area contributed by atoms with Crippen LogP contribution >= 0.6 is 11.8 Å². The van der Waals surface area contributed by atoms with Gasteiger partial charge in [-0.25, -0.2) is 0 Å².